The van der Waals surface area contributed by atoms with Gasteiger partial charge in [0.15, 0.2) is 11.6 Å². The Hall–Kier alpha value is -0.390. The molecule has 0 saturated heterocycles. The zero-order valence-electron chi connectivity index (χ0n) is 14.7. The van der Waals surface area contributed by atoms with Crippen molar-refractivity contribution in [2.75, 3.05) is 0 Å². The van der Waals surface area contributed by atoms with Gasteiger partial charge in [-0.1, -0.05) is 28.7 Å². The molecule has 3 aliphatic carbocycles. The van der Waals surface area contributed by atoms with Gasteiger partial charge in [-0.3, -0.25) is 0 Å². The predicted octanol–water partition coefficient (Wildman–Crippen LogP) is 6.77. The van der Waals surface area contributed by atoms with Crippen molar-refractivity contribution in [1.29, 1.82) is 0 Å². The number of alkyl halides is 1. The zero-order valence-corrected chi connectivity index (χ0v) is 16.8. The number of halogens is 3. The molecule has 4 heteroatoms. The molecule has 0 aromatic heterocycles. The summed E-state index contributed by atoms with van der Waals surface area (Å²) in [6.07, 6.45) is 11.7. The monoisotopic (exact) mass is 460 g/mol. The molecule has 1 aromatic rings. The molecule has 0 atom stereocenters. The number of rotatable bonds is 4. The molecule has 0 amide bonds. The van der Waals surface area contributed by atoms with Gasteiger partial charge >= 0.3 is 0 Å². The third kappa shape index (κ3) is 4.14. The lowest BCUT2D eigenvalue weighted by molar-refractivity contribution is 0.188. The van der Waals surface area contributed by atoms with Crippen molar-refractivity contribution in [2.45, 2.75) is 80.2 Å². The van der Waals surface area contributed by atoms with E-state index in [0.29, 0.717) is 5.56 Å². The average Bonchev–Trinajstić information content (AvgIpc) is 3.44. The van der Waals surface area contributed by atoms with Crippen LogP contribution in [0.15, 0.2) is 12.1 Å². The van der Waals surface area contributed by atoms with Crippen LogP contribution in [0.25, 0.3) is 0 Å². The summed E-state index contributed by atoms with van der Waals surface area (Å²) in [7, 11) is 0. The maximum Gasteiger partial charge on any atom is 0.200 e. The van der Waals surface area contributed by atoms with E-state index < -0.39 is 11.6 Å². The average molecular weight is 460 g/mol. The number of hydrogen-bond acceptors (Lipinski definition) is 1. The molecule has 4 rings (SSSR count). The molecule has 25 heavy (non-hydrogen) atoms. The van der Waals surface area contributed by atoms with E-state index in [4.69, 9.17) is 4.74 Å². The molecule has 0 unspecified atom stereocenters. The highest BCUT2D eigenvalue weighted by molar-refractivity contribution is 14.1. The van der Waals surface area contributed by atoms with Gasteiger partial charge in [0.2, 0.25) is 5.82 Å². The largest absolute Gasteiger partial charge is 0.487 e. The van der Waals surface area contributed by atoms with Gasteiger partial charge < -0.3 is 4.74 Å². The highest BCUT2D eigenvalue weighted by atomic mass is 127. The minimum Gasteiger partial charge on any atom is -0.487 e. The minimum absolute atomic E-state index is 0.0906. The SMILES string of the molecule is Fc1c(OC2CC2)ccc(C2CCC(C3CCC(I)CC3)CC2)c1F. The Kier molecular flexibility index (Phi) is 5.54. The summed E-state index contributed by atoms with van der Waals surface area (Å²) in [6.45, 7) is 0. The fourth-order valence-electron chi connectivity index (χ4n) is 4.77. The van der Waals surface area contributed by atoms with Crippen LogP contribution < -0.4 is 4.74 Å². The van der Waals surface area contributed by atoms with Crippen LogP contribution in [-0.4, -0.2) is 10.0 Å². The lowest BCUT2D eigenvalue weighted by atomic mass is 9.70. The Labute approximate surface area is 163 Å². The molecule has 3 fully saturated rings. The second-order valence-corrected chi connectivity index (χ2v) is 9.98. The van der Waals surface area contributed by atoms with E-state index in [0.717, 1.165) is 41.4 Å². The van der Waals surface area contributed by atoms with Crippen LogP contribution in [0.4, 0.5) is 8.78 Å². The van der Waals surface area contributed by atoms with Gasteiger partial charge in [0, 0.05) is 3.92 Å². The highest BCUT2D eigenvalue weighted by Crippen LogP contribution is 2.45. The van der Waals surface area contributed by atoms with Crippen LogP contribution >= 0.6 is 22.6 Å². The summed E-state index contributed by atoms with van der Waals surface area (Å²) < 4.78 is 35.2. The van der Waals surface area contributed by atoms with Crippen molar-refractivity contribution in [1.82, 2.24) is 0 Å². The van der Waals surface area contributed by atoms with Gasteiger partial charge in [0.1, 0.15) is 0 Å². The highest BCUT2D eigenvalue weighted by Gasteiger charge is 2.33. The van der Waals surface area contributed by atoms with Crippen molar-refractivity contribution < 1.29 is 13.5 Å². The first-order valence-electron chi connectivity index (χ1n) is 9.90. The molecule has 0 N–H and O–H groups in total. The molecule has 0 bridgehead atoms. The van der Waals surface area contributed by atoms with Crippen molar-refractivity contribution in [3.05, 3.63) is 29.3 Å². The Balaban J connectivity index is 1.38. The molecule has 138 valence electrons. The maximum atomic E-state index is 14.6. The van der Waals surface area contributed by atoms with Gasteiger partial charge in [-0.15, -0.1) is 0 Å². The Morgan fingerprint density at radius 2 is 1.36 bits per heavy atom. The first-order valence-corrected chi connectivity index (χ1v) is 11.1. The summed E-state index contributed by atoms with van der Waals surface area (Å²) in [5, 5.41) is 0. The normalized spacial score (nSPS) is 33.2. The van der Waals surface area contributed by atoms with Crippen LogP contribution in [0.3, 0.4) is 0 Å². The van der Waals surface area contributed by atoms with Crippen molar-refractivity contribution in [3.63, 3.8) is 0 Å². The van der Waals surface area contributed by atoms with Crippen LogP contribution in [0.5, 0.6) is 5.75 Å². The zero-order chi connectivity index (χ0) is 17.4. The first kappa shape index (κ1) is 18.0. The van der Waals surface area contributed by atoms with Crippen LogP contribution in [0.1, 0.15) is 75.7 Å². The van der Waals surface area contributed by atoms with Crippen LogP contribution in [0.2, 0.25) is 0 Å². The van der Waals surface area contributed by atoms with E-state index in [1.807, 2.05) is 0 Å². The topological polar surface area (TPSA) is 9.23 Å². The molecule has 0 heterocycles. The summed E-state index contributed by atoms with van der Waals surface area (Å²) >= 11 is 2.58. The van der Waals surface area contributed by atoms with Crippen molar-refractivity contribution in [2.24, 2.45) is 11.8 Å². The van der Waals surface area contributed by atoms with Gasteiger partial charge in [-0.2, -0.15) is 4.39 Å². The lowest BCUT2D eigenvalue weighted by Gasteiger charge is -2.37. The Bertz CT molecular complexity index is 600. The van der Waals surface area contributed by atoms with E-state index in [-0.39, 0.29) is 17.8 Å². The second kappa shape index (κ2) is 7.69. The third-order valence-electron chi connectivity index (χ3n) is 6.47. The molecule has 0 aliphatic heterocycles. The smallest absolute Gasteiger partial charge is 0.200 e. The number of benzene rings is 1. The number of ether oxygens (including phenoxy) is 1. The third-order valence-corrected chi connectivity index (χ3v) is 7.72. The second-order valence-electron chi connectivity index (χ2n) is 8.22. The van der Waals surface area contributed by atoms with E-state index in [9.17, 15) is 8.78 Å². The summed E-state index contributed by atoms with van der Waals surface area (Å²) in [6, 6.07) is 3.41. The molecule has 1 nitrogen and oxygen atoms in total. The fourth-order valence-corrected chi connectivity index (χ4v) is 5.49. The molecule has 0 radical (unpaired) electrons. The summed E-state index contributed by atoms with van der Waals surface area (Å²) in [4.78, 5) is 0. The van der Waals surface area contributed by atoms with E-state index in [1.165, 1.54) is 38.5 Å². The fraction of sp³-hybridized carbons (Fsp3) is 0.714. The molecule has 1 aromatic carbocycles. The molecule has 3 saturated carbocycles. The van der Waals surface area contributed by atoms with Gasteiger partial charge in [-0.25, -0.2) is 4.39 Å². The predicted molar refractivity (Wildman–Crippen MR) is 104 cm³/mol. The summed E-state index contributed by atoms with van der Waals surface area (Å²) in [5.74, 6) is 0.460. The quantitative estimate of drug-likeness (QED) is 0.356. The minimum atomic E-state index is -0.785. The van der Waals surface area contributed by atoms with Crippen LogP contribution in [-0.2, 0) is 0 Å². The van der Waals surface area contributed by atoms with Gasteiger partial charge in [-0.05, 0) is 93.6 Å². The van der Waals surface area contributed by atoms with Crippen LogP contribution in [0, 0.1) is 23.5 Å². The molecule has 3 aliphatic rings. The maximum absolute atomic E-state index is 14.6. The van der Waals surface area contributed by atoms with E-state index in [2.05, 4.69) is 22.6 Å². The lowest BCUT2D eigenvalue weighted by Crippen LogP contribution is -2.25. The molecular formula is C21H27F2IO. The molecule has 0 spiro atoms. The van der Waals surface area contributed by atoms with Gasteiger partial charge in [0.25, 0.3) is 0 Å². The van der Waals surface area contributed by atoms with E-state index in [1.54, 1.807) is 12.1 Å². The van der Waals surface area contributed by atoms with Gasteiger partial charge in [0.05, 0.1) is 6.10 Å². The number of hydrogen-bond donors (Lipinski definition) is 0. The van der Waals surface area contributed by atoms with Crippen molar-refractivity contribution in [3.8, 4) is 5.75 Å². The Morgan fingerprint density at radius 3 is 1.96 bits per heavy atom. The van der Waals surface area contributed by atoms with Crippen molar-refractivity contribution >= 4 is 22.6 Å². The van der Waals surface area contributed by atoms with E-state index >= 15 is 0 Å². The summed E-state index contributed by atoms with van der Waals surface area (Å²) in [5.41, 5.74) is 0.565. The Morgan fingerprint density at radius 1 is 0.760 bits per heavy atom. The first-order chi connectivity index (χ1) is 12.1. The molecular weight excluding hydrogens is 433 g/mol. The standard InChI is InChI=1S/C21H27F2IO/c22-20-18(11-12-19(21(20)23)25-17-9-10-17)15-3-1-13(2-4-15)14-5-7-16(24)8-6-14/h11-17H,1-10H2.